The summed E-state index contributed by atoms with van der Waals surface area (Å²) in [6, 6.07) is 8.33. The third kappa shape index (κ3) is 9.04. The zero-order valence-electron chi connectivity index (χ0n) is 19.6. The molecule has 0 heterocycles. The van der Waals surface area contributed by atoms with Crippen LogP contribution in [0.2, 0.25) is 0 Å². The van der Waals surface area contributed by atoms with E-state index in [9.17, 15) is 0 Å². The van der Waals surface area contributed by atoms with Gasteiger partial charge in [-0.05, 0) is 83.1 Å². The summed E-state index contributed by atoms with van der Waals surface area (Å²) in [5, 5.41) is 0. The first-order chi connectivity index (χ1) is 14.4. The molecule has 1 unspecified atom stereocenters. The molecule has 0 amide bonds. The highest BCUT2D eigenvalue weighted by Gasteiger charge is 2.32. The molecule has 3 heteroatoms. The van der Waals surface area contributed by atoms with Crippen molar-refractivity contribution in [2.24, 2.45) is 0 Å². The first kappa shape index (κ1) is 24.7. The molecule has 0 radical (unpaired) electrons. The molecule has 1 atom stereocenters. The van der Waals surface area contributed by atoms with Crippen LogP contribution in [0.1, 0.15) is 84.3 Å². The molecular formula is C27H40O3. The van der Waals surface area contributed by atoms with Crippen LogP contribution in [-0.4, -0.2) is 37.1 Å². The minimum absolute atomic E-state index is 0.206. The van der Waals surface area contributed by atoms with E-state index in [1.165, 1.54) is 0 Å². The molecule has 1 fully saturated rings. The molecular weight excluding hydrogens is 372 g/mol. The number of benzene rings is 1. The Bertz CT molecular complexity index is 704. The first-order valence-electron chi connectivity index (χ1n) is 11.6. The van der Waals surface area contributed by atoms with Gasteiger partial charge in [-0.2, -0.15) is 0 Å². The van der Waals surface area contributed by atoms with E-state index in [1.807, 2.05) is 19.9 Å². The summed E-state index contributed by atoms with van der Waals surface area (Å²) in [5.74, 6) is 6.27. The second-order valence-corrected chi connectivity index (χ2v) is 8.83. The normalized spacial score (nSPS) is 19.3. The van der Waals surface area contributed by atoms with Gasteiger partial charge in [0.15, 0.2) is 0 Å². The maximum Gasteiger partial charge on any atom is 0.108 e. The molecule has 166 valence electrons. The zero-order chi connectivity index (χ0) is 21.9. The fraction of sp³-hybridized carbons (Fsp3) is 0.630. The molecule has 0 saturated heterocycles. The van der Waals surface area contributed by atoms with Gasteiger partial charge in [0.1, 0.15) is 6.61 Å². The molecule has 2 rings (SSSR count). The van der Waals surface area contributed by atoms with Crippen LogP contribution in [-0.2, 0) is 14.2 Å². The molecule has 30 heavy (non-hydrogen) atoms. The van der Waals surface area contributed by atoms with Crippen LogP contribution in [0.15, 0.2) is 30.8 Å². The molecule has 1 saturated carbocycles. The molecule has 0 N–H and O–H groups in total. The minimum Gasteiger partial charge on any atom is -0.375 e. The van der Waals surface area contributed by atoms with Crippen molar-refractivity contribution >= 4 is 5.57 Å². The van der Waals surface area contributed by atoms with E-state index in [1.54, 1.807) is 0 Å². The lowest BCUT2D eigenvalue weighted by Gasteiger charge is -2.38. The summed E-state index contributed by atoms with van der Waals surface area (Å²) in [6.07, 6.45) is 7.78. The summed E-state index contributed by atoms with van der Waals surface area (Å²) in [7, 11) is 0. The van der Waals surface area contributed by atoms with Crippen LogP contribution in [0, 0.1) is 11.8 Å². The summed E-state index contributed by atoms with van der Waals surface area (Å²) in [5.41, 5.74) is 3.32. The van der Waals surface area contributed by atoms with Gasteiger partial charge in [-0.15, -0.1) is 0 Å². The third-order valence-electron chi connectivity index (χ3n) is 5.27. The molecule has 1 aromatic rings. The van der Waals surface area contributed by atoms with E-state index in [-0.39, 0.29) is 6.10 Å². The van der Waals surface area contributed by atoms with Gasteiger partial charge in [-0.1, -0.05) is 43.9 Å². The number of hydrogen-bond acceptors (Lipinski definition) is 3. The van der Waals surface area contributed by atoms with E-state index in [0.717, 1.165) is 55.2 Å². The monoisotopic (exact) mass is 412 g/mol. The van der Waals surface area contributed by atoms with Gasteiger partial charge in [0.25, 0.3) is 0 Å². The van der Waals surface area contributed by atoms with Crippen LogP contribution in [0.4, 0.5) is 0 Å². The lowest BCUT2D eigenvalue weighted by molar-refractivity contribution is -0.140. The first-order valence-corrected chi connectivity index (χ1v) is 11.6. The SMILES string of the molecule is C=C(CCC(CCC)OC1CC(OC(C)C)C1)c1cccc(C#CCOC(C)C)c1. The van der Waals surface area contributed by atoms with E-state index in [4.69, 9.17) is 14.2 Å². The van der Waals surface area contributed by atoms with Gasteiger partial charge in [-0.25, -0.2) is 0 Å². The Kier molecular flexibility index (Phi) is 10.6. The molecule has 0 aliphatic heterocycles. The van der Waals surface area contributed by atoms with Crippen molar-refractivity contribution in [3.8, 4) is 11.8 Å². The van der Waals surface area contributed by atoms with Crippen LogP contribution in [0.3, 0.4) is 0 Å². The number of ether oxygens (including phenoxy) is 3. The summed E-state index contributed by atoms with van der Waals surface area (Å²) >= 11 is 0. The average molecular weight is 413 g/mol. The minimum atomic E-state index is 0.206. The second kappa shape index (κ2) is 13.0. The van der Waals surface area contributed by atoms with Crippen LogP contribution < -0.4 is 0 Å². The largest absolute Gasteiger partial charge is 0.375 e. The van der Waals surface area contributed by atoms with Crippen molar-refractivity contribution in [2.75, 3.05) is 6.61 Å². The van der Waals surface area contributed by atoms with Gasteiger partial charge in [-0.3, -0.25) is 0 Å². The highest BCUT2D eigenvalue weighted by Crippen LogP contribution is 2.31. The number of allylic oxidation sites excluding steroid dienone is 1. The average Bonchev–Trinajstić information content (AvgIpc) is 2.67. The van der Waals surface area contributed by atoms with Crippen molar-refractivity contribution < 1.29 is 14.2 Å². The molecule has 3 nitrogen and oxygen atoms in total. The van der Waals surface area contributed by atoms with E-state index in [2.05, 4.69) is 57.4 Å². The third-order valence-corrected chi connectivity index (χ3v) is 5.27. The van der Waals surface area contributed by atoms with Crippen molar-refractivity contribution in [2.45, 2.75) is 104 Å². The van der Waals surface area contributed by atoms with Gasteiger partial charge in [0, 0.05) is 5.56 Å². The van der Waals surface area contributed by atoms with Gasteiger partial charge < -0.3 is 14.2 Å². The molecule has 1 aliphatic rings. The van der Waals surface area contributed by atoms with Crippen molar-refractivity contribution in [3.05, 3.63) is 42.0 Å². The maximum absolute atomic E-state index is 6.38. The Hall–Kier alpha value is -1.60. The summed E-state index contributed by atoms with van der Waals surface area (Å²) in [6.45, 7) is 15.2. The molecule has 1 aliphatic carbocycles. The molecule has 1 aromatic carbocycles. The Morgan fingerprint density at radius 3 is 2.47 bits per heavy atom. The van der Waals surface area contributed by atoms with Gasteiger partial charge >= 0.3 is 0 Å². The maximum atomic E-state index is 6.38. The topological polar surface area (TPSA) is 27.7 Å². The Morgan fingerprint density at radius 2 is 1.80 bits per heavy atom. The quantitative estimate of drug-likeness (QED) is 0.372. The fourth-order valence-corrected chi connectivity index (χ4v) is 3.64. The molecule has 0 spiro atoms. The number of hydrogen-bond donors (Lipinski definition) is 0. The molecule has 0 aromatic heterocycles. The van der Waals surface area contributed by atoms with Gasteiger partial charge in [0.2, 0.25) is 0 Å². The standard InChI is InChI=1S/C27H40O3/c1-7-10-25(30-27-18-26(19-27)29-21(4)5)15-14-22(6)24-13-8-11-23(17-24)12-9-16-28-20(2)3/h8,11,13,17,20-21,25-27H,6-7,10,14-16,18-19H2,1-5H3. The van der Waals surface area contributed by atoms with Crippen molar-refractivity contribution in [3.63, 3.8) is 0 Å². The van der Waals surface area contributed by atoms with E-state index >= 15 is 0 Å². The van der Waals surface area contributed by atoms with E-state index < -0.39 is 0 Å². The fourth-order valence-electron chi connectivity index (χ4n) is 3.64. The van der Waals surface area contributed by atoms with Crippen LogP contribution in [0.25, 0.3) is 5.57 Å². The predicted molar refractivity (Wildman–Crippen MR) is 125 cm³/mol. The van der Waals surface area contributed by atoms with Crippen LogP contribution in [0.5, 0.6) is 0 Å². The second-order valence-electron chi connectivity index (χ2n) is 8.83. The number of rotatable bonds is 12. The highest BCUT2D eigenvalue weighted by molar-refractivity contribution is 5.64. The van der Waals surface area contributed by atoms with E-state index in [0.29, 0.717) is 31.0 Å². The Labute approximate surface area is 184 Å². The zero-order valence-corrected chi connectivity index (χ0v) is 19.6. The predicted octanol–water partition coefficient (Wildman–Crippen LogP) is 6.40. The van der Waals surface area contributed by atoms with Crippen molar-refractivity contribution in [1.29, 1.82) is 0 Å². The van der Waals surface area contributed by atoms with Gasteiger partial charge in [0.05, 0.1) is 30.5 Å². The van der Waals surface area contributed by atoms with Crippen LogP contribution >= 0.6 is 0 Å². The molecule has 0 bridgehead atoms. The Balaban J connectivity index is 1.81. The summed E-state index contributed by atoms with van der Waals surface area (Å²) < 4.78 is 17.7. The smallest absolute Gasteiger partial charge is 0.108 e. The summed E-state index contributed by atoms with van der Waals surface area (Å²) in [4.78, 5) is 0. The lowest BCUT2D eigenvalue weighted by Crippen LogP contribution is -2.41. The highest BCUT2D eigenvalue weighted by atomic mass is 16.5. The lowest BCUT2D eigenvalue weighted by atomic mass is 9.91. The Morgan fingerprint density at radius 1 is 1.07 bits per heavy atom. The van der Waals surface area contributed by atoms with Crippen molar-refractivity contribution in [1.82, 2.24) is 0 Å².